The Morgan fingerprint density at radius 3 is 2.20 bits per heavy atom. The van der Waals surface area contributed by atoms with Crippen molar-refractivity contribution < 1.29 is 8.78 Å². The van der Waals surface area contributed by atoms with Crippen LogP contribution >= 0.6 is 23.4 Å². The van der Waals surface area contributed by atoms with Crippen molar-refractivity contribution in [2.24, 2.45) is 5.73 Å². The number of nitrogens with two attached hydrogens (primary N) is 1. The van der Waals surface area contributed by atoms with Crippen molar-refractivity contribution in [3.63, 3.8) is 0 Å². The lowest BCUT2D eigenvalue weighted by Gasteiger charge is -2.07. The zero-order valence-corrected chi connectivity index (χ0v) is 11.9. The van der Waals surface area contributed by atoms with Crippen LogP contribution in [0, 0.1) is 17.0 Å². The topological polar surface area (TPSA) is 49.9 Å². The van der Waals surface area contributed by atoms with Crippen LogP contribution in [0.4, 0.5) is 8.78 Å². The van der Waals surface area contributed by atoms with Crippen molar-refractivity contribution in [3.05, 3.63) is 64.2 Å². The largest absolute Gasteiger partial charge is 0.384 e. The molecule has 0 saturated carbocycles. The molecule has 2 rings (SSSR count). The van der Waals surface area contributed by atoms with Crippen LogP contribution in [0.15, 0.2) is 41.3 Å². The normalized spacial score (nSPS) is 10.6. The fraction of sp³-hybridized carbons (Fsp3) is 0.0714. The average molecular weight is 313 g/mol. The van der Waals surface area contributed by atoms with Gasteiger partial charge < -0.3 is 5.73 Å². The summed E-state index contributed by atoms with van der Waals surface area (Å²) >= 11 is 6.82. The smallest absolute Gasteiger partial charge is 0.140 e. The highest BCUT2D eigenvalue weighted by Gasteiger charge is 2.13. The van der Waals surface area contributed by atoms with Crippen molar-refractivity contribution in [2.75, 3.05) is 0 Å². The second-order valence-corrected chi connectivity index (χ2v) is 5.52. The standard InChI is InChI=1S/C14H11ClF2N2S/c15-10-3-1-8(2-4-10)7-20-13-11(16)5-9(14(18)19)6-12(13)17/h1-6H,7H2,(H3,18,19). The van der Waals surface area contributed by atoms with E-state index in [4.69, 9.17) is 22.7 Å². The molecule has 0 unspecified atom stereocenters. The van der Waals surface area contributed by atoms with Gasteiger partial charge >= 0.3 is 0 Å². The van der Waals surface area contributed by atoms with Gasteiger partial charge in [0.2, 0.25) is 0 Å². The first-order valence-electron chi connectivity index (χ1n) is 5.68. The Hall–Kier alpha value is -1.59. The van der Waals surface area contributed by atoms with E-state index in [1.807, 2.05) is 0 Å². The molecule has 0 amide bonds. The van der Waals surface area contributed by atoms with Gasteiger partial charge in [-0.1, -0.05) is 23.7 Å². The van der Waals surface area contributed by atoms with E-state index < -0.39 is 11.6 Å². The molecule has 0 aromatic heterocycles. The monoisotopic (exact) mass is 312 g/mol. The molecule has 0 bridgehead atoms. The van der Waals surface area contributed by atoms with Crippen molar-refractivity contribution in [1.29, 1.82) is 5.41 Å². The van der Waals surface area contributed by atoms with E-state index in [1.165, 1.54) is 0 Å². The Morgan fingerprint density at radius 1 is 1.15 bits per heavy atom. The van der Waals surface area contributed by atoms with E-state index in [0.29, 0.717) is 10.8 Å². The van der Waals surface area contributed by atoms with E-state index in [2.05, 4.69) is 0 Å². The van der Waals surface area contributed by atoms with Crippen LogP contribution in [0.25, 0.3) is 0 Å². The summed E-state index contributed by atoms with van der Waals surface area (Å²) in [5, 5.41) is 7.79. The average Bonchev–Trinajstić information content (AvgIpc) is 2.39. The van der Waals surface area contributed by atoms with E-state index in [9.17, 15) is 8.78 Å². The maximum absolute atomic E-state index is 13.8. The molecule has 0 fully saturated rings. The summed E-state index contributed by atoms with van der Waals surface area (Å²) in [4.78, 5) is -0.0787. The molecule has 2 nitrogen and oxygen atoms in total. The summed E-state index contributed by atoms with van der Waals surface area (Å²) < 4.78 is 27.6. The SMILES string of the molecule is N=C(N)c1cc(F)c(SCc2ccc(Cl)cc2)c(F)c1. The maximum atomic E-state index is 13.8. The maximum Gasteiger partial charge on any atom is 0.140 e. The van der Waals surface area contributed by atoms with Gasteiger partial charge in [0.1, 0.15) is 17.5 Å². The van der Waals surface area contributed by atoms with E-state index in [1.54, 1.807) is 24.3 Å². The van der Waals surface area contributed by atoms with Gasteiger partial charge in [-0.25, -0.2) is 8.78 Å². The lowest BCUT2D eigenvalue weighted by Crippen LogP contribution is -2.12. The van der Waals surface area contributed by atoms with Crippen LogP contribution in [0.2, 0.25) is 5.02 Å². The summed E-state index contributed by atoms with van der Waals surface area (Å²) in [7, 11) is 0. The molecule has 3 N–H and O–H groups in total. The zero-order valence-electron chi connectivity index (χ0n) is 10.3. The molecular formula is C14H11ClF2N2S. The van der Waals surface area contributed by atoms with Crippen molar-refractivity contribution in [3.8, 4) is 0 Å². The fourth-order valence-corrected chi connectivity index (χ4v) is 2.61. The second-order valence-electron chi connectivity index (χ2n) is 4.10. The molecule has 104 valence electrons. The lowest BCUT2D eigenvalue weighted by molar-refractivity contribution is 0.540. The number of benzene rings is 2. The van der Waals surface area contributed by atoms with Gasteiger partial charge in [-0.05, 0) is 29.8 Å². The predicted molar refractivity (Wildman–Crippen MR) is 78.4 cm³/mol. The first-order chi connectivity index (χ1) is 9.47. The van der Waals surface area contributed by atoms with Gasteiger partial charge in [0.25, 0.3) is 0 Å². The molecule has 0 saturated heterocycles. The lowest BCUT2D eigenvalue weighted by atomic mass is 10.2. The molecule has 0 aliphatic carbocycles. The van der Waals surface area contributed by atoms with Gasteiger partial charge in [0, 0.05) is 16.3 Å². The number of nitrogens with one attached hydrogen (secondary N) is 1. The van der Waals surface area contributed by atoms with Crippen LogP contribution in [-0.2, 0) is 5.75 Å². The number of halogens is 3. The molecule has 0 aliphatic heterocycles. The number of rotatable bonds is 4. The molecule has 0 atom stereocenters. The van der Waals surface area contributed by atoms with Crippen molar-refractivity contribution in [2.45, 2.75) is 10.6 Å². The number of thioether (sulfide) groups is 1. The summed E-state index contributed by atoms with van der Waals surface area (Å²) in [5.74, 6) is -1.37. The van der Waals surface area contributed by atoms with Crippen molar-refractivity contribution in [1.82, 2.24) is 0 Å². The number of hydrogen-bond acceptors (Lipinski definition) is 2. The van der Waals surface area contributed by atoms with Crippen LogP contribution < -0.4 is 5.73 Å². The van der Waals surface area contributed by atoms with Crippen LogP contribution in [0.3, 0.4) is 0 Å². The van der Waals surface area contributed by atoms with Gasteiger partial charge in [0.15, 0.2) is 0 Å². The summed E-state index contributed by atoms with van der Waals surface area (Å²) in [6, 6.07) is 9.18. The Balaban J connectivity index is 2.17. The minimum absolute atomic E-state index is 0.0378. The molecule has 0 heterocycles. The zero-order chi connectivity index (χ0) is 14.7. The molecule has 0 aliphatic rings. The quantitative estimate of drug-likeness (QED) is 0.505. The molecule has 0 spiro atoms. The Bertz CT molecular complexity index is 621. The highest BCUT2D eigenvalue weighted by Crippen LogP contribution is 2.29. The molecule has 0 radical (unpaired) electrons. The molecule has 2 aromatic rings. The first kappa shape index (κ1) is 14.8. The first-order valence-corrected chi connectivity index (χ1v) is 7.04. The number of hydrogen-bond donors (Lipinski definition) is 2. The van der Waals surface area contributed by atoms with E-state index in [0.717, 1.165) is 29.5 Å². The van der Waals surface area contributed by atoms with Crippen molar-refractivity contribution >= 4 is 29.2 Å². The van der Waals surface area contributed by atoms with Gasteiger partial charge in [-0.15, -0.1) is 11.8 Å². The number of amidine groups is 1. The Morgan fingerprint density at radius 2 is 1.70 bits per heavy atom. The minimum Gasteiger partial charge on any atom is -0.384 e. The highest BCUT2D eigenvalue weighted by atomic mass is 35.5. The summed E-state index contributed by atoms with van der Waals surface area (Å²) in [5.41, 5.74) is 6.16. The van der Waals surface area contributed by atoms with Gasteiger partial charge in [0.05, 0.1) is 4.90 Å². The molecule has 20 heavy (non-hydrogen) atoms. The highest BCUT2D eigenvalue weighted by molar-refractivity contribution is 7.98. The van der Waals surface area contributed by atoms with Crippen LogP contribution in [0.1, 0.15) is 11.1 Å². The number of nitrogen functional groups attached to an aromatic ring is 1. The second kappa shape index (κ2) is 6.24. The molecular weight excluding hydrogens is 302 g/mol. The summed E-state index contributed by atoms with van der Waals surface area (Å²) in [6.07, 6.45) is 0. The third-order valence-corrected chi connectivity index (χ3v) is 4.01. The third kappa shape index (κ3) is 3.49. The Kier molecular flexibility index (Phi) is 4.62. The minimum atomic E-state index is -0.714. The van der Waals surface area contributed by atoms with E-state index >= 15 is 0 Å². The van der Waals surface area contributed by atoms with Gasteiger partial charge in [-0.3, -0.25) is 5.41 Å². The van der Waals surface area contributed by atoms with E-state index in [-0.39, 0.29) is 16.3 Å². The van der Waals surface area contributed by atoms with Crippen LogP contribution in [-0.4, -0.2) is 5.84 Å². The predicted octanol–water partition coefficient (Wildman–Crippen LogP) is 4.19. The van der Waals surface area contributed by atoms with Gasteiger partial charge in [-0.2, -0.15) is 0 Å². The van der Waals surface area contributed by atoms with Crippen LogP contribution in [0.5, 0.6) is 0 Å². The Labute approximate surface area is 124 Å². The summed E-state index contributed by atoms with van der Waals surface area (Å²) in [6.45, 7) is 0. The molecule has 2 aromatic carbocycles. The third-order valence-electron chi connectivity index (χ3n) is 2.61. The molecule has 6 heteroatoms. The fourth-order valence-electron chi connectivity index (χ4n) is 1.59.